The first-order valence-corrected chi connectivity index (χ1v) is 8.72. The van der Waals surface area contributed by atoms with Gasteiger partial charge >= 0.3 is 0 Å². The standard InChI is InChI=1S/C18H17NO2S2/c1-13-9-10-15(21-13)12-16-17(20)19(18(22)23-16)11-5-8-14-6-3-2-4-7-14/h2-4,6-7,9-10,12H,5,8,11H2,1H3/b16-12+. The zero-order valence-electron chi connectivity index (χ0n) is 12.8. The van der Waals surface area contributed by atoms with Crippen LogP contribution >= 0.6 is 24.0 Å². The average Bonchev–Trinajstić information content (AvgIpc) is 3.06. The monoisotopic (exact) mass is 343 g/mol. The van der Waals surface area contributed by atoms with Crippen LogP contribution in [-0.2, 0) is 11.2 Å². The second kappa shape index (κ2) is 7.15. The SMILES string of the molecule is Cc1ccc(/C=C2/SC(=S)N(CCCc3ccccc3)C2=O)o1. The van der Waals surface area contributed by atoms with Crippen molar-refractivity contribution in [2.24, 2.45) is 0 Å². The van der Waals surface area contributed by atoms with E-state index in [1.807, 2.05) is 37.3 Å². The number of thiocarbonyl (C=S) groups is 1. The molecule has 1 aliphatic heterocycles. The van der Waals surface area contributed by atoms with Crippen molar-refractivity contribution in [3.8, 4) is 0 Å². The Morgan fingerprint density at radius 2 is 2.00 bits per heavy atom. The van der Waals surface area contributed by atoms with Crippen molar-refractivity contribution < 1.29 is 9.21 Å². The van der Waals surface area contributed by atoms with Gasteiger partial charge in [-0.15, -0.1) is 0 Å². The fraction of sp³-hybridized carbons (Fsp3) is 0.222. The molecule has 3 rings (SSSR count). The summed E-state index contributed by atoms with van der Waals surface area (Å²) < 4.78 is 6.12. The predicted octanol–water partition coefficient (Wildman–Crippen LogP) is 4.42. The summed E-state index contributed by atoms with van der Waals surface area (Å²) in [6.45, 7) is 2.53. The zero-order chi connectivity index (χ0) is 16.2. The molecule has 1 amide bonds. The lowest BCUT2D eigenvalue weighted by atomic mass is 10.1. The first-order valence-electron chi connectivity index (χ1n) is 7.49. The molecule has 2 heterocycles. The molecule has 1 aromatic heterocycles. The van der Waals surface area contributed by atoms with Gasteiger partial charge in [0, 0.05) is 12.6 Å². The van der Waals surface area contributed by atoms with Crippen molar-refractivity contribution in [3.05, 3.63) is 64.5 Å². The predicted molar refractivity (Wildman–Crippen MR) is 98.1 cm³/mol. The highest BCUT2D eigenvalue weighted by atomic mass is 32.2. The number of aryl methyl sites for hydroxylation is 2. The van der Waals surface area contributed by atoms with Gasteiger partial charge in [-0.2, -0.15) is 0 Å². The molecule has 0 radical (unpaired) electrons. The molecule has 0 saturated carbocycles. The van der Waals surface area contributed by atoms with Crippen LogP contribution in [0.1, 0.15) is 23.5 Å². The first-order chi connectivity index (χ1) is 11.1. The lowest BCUT2D eigenvalue weighted by Gasteiger charge is -2.14. The highest BCUT2D eigenvalue weighted by molar-refractivity contribution is 8.26. The number of hydrogen-bond acceptors (Lipinski definition) is 4. The third-order valence-corrected chi connectivity index (χ3v) is 4.98. The third-order valence-electron chi connectivity index (χ3n) is 3.60. The number of furan rings is 1. The second-order valence-electron chi connectivity index (χ2n) is 5.37. The first kappa shape index (κ1) is 16.0. The molecule has 1 saturated heterocycles. The molecule has 0 bridgehead atoms. The smallest absolute Gasteiger partial charge is 0.266 e. The van der Waals surface area contributed by atoms with Gasteiger partial charge < -0.3 is 4.42 Å². The van der Waals surface area contributed by atoms with E-state index in [0.717, 1.165) is 18.6 Å². The van der Waals surface area contributed by atoms with Gasteiger partial charge in [0.2, 0.25) is 0 Å². The minimum atomic E-state index is -0.0258. The molecule has 3 nitrogen and oxygen atoms in total. The summed E-state index contributed by atoms with van der Waals surface area (Å²) in [7, 11) is 0. The van der Waals surface area contributed by atoms with Crippen molar-refractivity contribution in [3.63, 3.8) is 0 Å². The fourth-order valence-electron chi connectivity index (χ4n) is 2.44. The number of amides is 1. The van der Waals surface area contributed by atoms with Gasteiger partial charge in [0.15, 0.2) is 0 Å². The summed E-state index contributed by atoms with van der Waals surface area (Å²) in [5.41, 5.74) is 1.28. The quantitative estimate of drug-likeness (QED) is 0.594. The molecule has 1 aliphatic rings. The molecule has 0 aliphatic carbocycles. The molecule has 5 heteroatoms. The molecule has 0 N–H and O–H groups in total. The lowest BCUT2D eigenvalue weighted by molar-refractivity contribution is -0.122. The number of carbonyl (C=O) groups excluding carboxylic acids is 1. The van der Waals surface area contributed by atoms with Crippen LogP contribution in [-0.4, -0.2) is 21.7 Å². The van der Waals surface area contributed by atoms with E-state index in [1.54, 1.807) is 11.0 Å². The number of thioether (sulfide) groups is 1. The summed E-state index contributed by atoms with van der Waals surface area (Å²) in [6.07, 6.45) is 3.60. The van der Waals surface area contributed by atoms with E-state index in [4.69, 9.17) is 16.6 Å². The number of rotatable bonds is 5. The zero-order valence-corrected chi connectivity index (χ0v) is 14.5. The molecular weight excluding hydrogens is 326 g/mol. The Labute approximate surface area is 145 Å². The Hall–Kier alpha value is -1.85. The van der Waals surface area contributed by atoms with E-state index in [0.29, 0.717) is 21.5 Å². The Morgan fingerprint density at radius 3 is 2.70 bits per heavy atom. The van der Waals surface area contributed by atoms with Crippen LogP contribution in [0.5, 0.6) is 0 Å². The molecule has 118 valence electrons. The molecule has 23 heavy (non-hydrogen) atoms. The van der Waals surface area contributed by atoms with Gasteiger partial charge in [-0.05, 0) is 37.5 Å². The highest BCUT2D eigenvalue weighted by Gasteiger charge is 2.31. The van der Waals surface area contributed by atoms with E-state index in [1.165, 1.54) is 17.3 Å². The van der Waals surface area contributed by atoms with Crippen LogP contribution < -0.4 is 0 Å². The molecule has 0 unspecified atom stereocenters. The van der Waals surface area contributed by atoms with E-state index in [2.05, 4.69) is 12.1 Å². The van der Waals surface area contributed by atoms with Gasteiger partial charge in [0.25, 0.3) is 5.91 Å². The van der Waals surface area contributed by atoms with Gasteiger partial charge in [-0.1, -0.05) is 54.3 Å². The van der Waals surface area contributed by atoms with E-state index >= 15 is 0 Å². The van der Waals surface area contributed by atoms with E-state index in [9.17, 15) is 4.79 Å². The van der Waals surface area contributed by atoms with Crippen molar-refractivity contribution in [1.82, 2.24) is 4.90 Å². The second-order valence-corrected chi connectivity index (χ2v) is 7.05. The Balaban J connectivity index is 1.61. The Morgan fingerprint density at radius 1 is 1.22 bits per heavy atom. The summed E-state index contributed by atoms with van der Waals surface area (Å²) in [6, 6.07) is 14.0. The van der Waals surface area contributed by atoms with Crippen LogP contribution in [0.3, 0.4) is 0 Å². The van der Waals surface area contributed by atoms with Crippen LogP contribution in [0.2, 0.25) is 0 Å². The maximum absolute atomic E-state index is 12.5. The number of benzene rings is 1. The maximum Gasteiger partial charge on any atom is 0.266 e. The van der Waals surface area contributed by atoms with E-state index < -0.39 is 0 Å². The van der Waals surface area contributed by atoms with Crippen LogP contribution in [0, 0.1) is 6.92 Å². The summed E-state index contributed by atoms with van der Waals surface area (Å²) in [5.74, 6) is 1.49. The lowest BCUT2D eigenvalue weighted by Crippen LogP contribution is -2.29. The molecular formula is C18H17NO2S2. The summed E-state index contributed by atoms with van der Waals surface area (Å²) in [5, 5.41) is 0. The van der Waals surface area contributed by atoms with E-state index in [-0.39, 0.29) is 5.91 Å². The number of carbonyl (C=O) groups is 1. The third kappa shape index (κ3) is 3.92. The molecule has 2 aromatic rings. The van der Waals surface area contributed by atoms with Crippen molar-refractivity contribution in [2.75, 3.05) is 6.54 Å². The Kier molecular flexibility index (Phi) is 4.98. The largest absolute Gasteiger partial charge is 0.462 e. The minimum absolute atomic E-state index is 0.0258. The average molecular weight is 343 g/mol. The van der Waals surface area contributed by atoms with Crippen molar-refractivity contribution >= 4 is 40.3 Å². The van der Waals surface area contributed by atoms with Crippen LogP contribution in [0.4, 0.5) is 0 Å². The summed E-state index contributed by atoms with van der Waals surface area (Å²) in [4.78, 5) is 14.8. The normalized spacial score (nSPS) is 16.6. The van der Waals surface area contributed by atoms with Crippen molar-refractivity contribution in [2.45, 2.75) is 19.8 Å². The minimum Gasteiger partial charge on any atom is -0.462 e. The van der Waals surface area contributed by atoms with Crippen molar-refractivity contribution in [1.29, 1.82) is 0 Å². The van der Waals surface area contributed by atoms with Gasteiger partial charge in [0.1, 0.15) is 15.8 Å². The topological polar surface area (TPSA) is 33.5 Å². The van der Waals surface area contributed by atoms with Gasteiger partial charge in [0.05, 0.1) is 4.91 Å². The molecule has 0 spiro atoms. The van der Waals surface area contributed by atoms with Crippen LogP contribution in [0.15, 0.2) is 51.8 Å². The maximum atomic E-state index is 12.5. The van der Waals surface area contributed by atoms with Gasteiger partial charge in [-0.25, -0.2) is 0 Å². The Bertz CT molecular complexity index is 749. The van der Waals surface area contributed by atoms with Crippen LogP contribution in [0.25, 0.3) is 6.08 Å². The fourth-order valence-corrected chi connectivity index (χ4v) is 3.73. The molecule has 1 aromatic carbocycles. The highest BCUT2D eigenvalue weighted by Crippen LogP contribution is 2.32. The molecule has 0 atom stereocenters. The van der Waals surface area contributed by atoms with Gasteiger partial charge in [-0.3, -0.25) is 9.69 Å². The summed E-state index contributed by atoms with van der Waals surface area (Å²) >= 11 is 6.68. The number of hydrogen-bond donors (Lipinski definition) is 0. The molecule has 1 fully saturated rings. The number of nitrogens with zero attached hydrogens (tertiary/aromatic N) is 1.